The summed E-state index contributed by atoms with van der Waals surface area (Å²) in [4.78, 5) is 10.9. The highest BCUT2D eigenvalue weighted by Crippen LogP contribution is 2.28. The van der Waals surface area contributed by atoms with Gasteiger partial charge in [-0.2, -0.15) is 0 Å². The van der Waals surface area contributed by atoms with Crippen LogP contribution in [0, 0.1) is 0 Å². The predicted octanol–water partition coefficient (Wildman–Crippen LogP) is 5.12. The Kier molecular flexibility index (Phi) is 3.77. The molecule has 0 fully saturated rings. The first kappa shape index (κ1) is 13.8. The van der Waals surface area contributed by atoms with Gasteiger partial charge in [0.15, 0.2) is 6.29 Å². The Morgan fingerprint density at radius 1 is 0.947 bits per heavy atom. The molecule has 2 heteroatoms. The second-order valence-electron chi connectivity index (χ2n) is 5.68. The quantitative estimate of drug-likeness (QED) is 0.694. The molecule has 0 spiro atoms. The summed E-state index contributed by atoms with van der Waals surface area (Å²) < 4.78 is 0. The zero-order valence-electron chi connectivity index (χ0n) is 11.4. The maximum Gasteiger partial charge on any atom is 0.151 e. The van der Waals surface area contributed by atoms with Crippen LogP contribution in [0.1, 0.15) is 36.7 Å². The standard InChI is InChI=1S/C17H17ClO/c1-17(2,3)15-7-4-12(5-8-15)13-6-9-16(18)14(10-13)11-19/h4-11H,1-3H3. The van der Waals surface area contributed by atoms with Gasteiger partial charge in [0.05, 0.1) is 5.02 Å². The normalized spacial score (nSPS) is 11.4. The second-order valence-corrected chi connectivity index (χ2v) is 6.09. The maximum atomic E-state index is 10.9. The minimum absolute atomic E-state index is 0.145. The highest BCUT2D eigenvalue weighted by molar-refractivity contribution is 6.33. The van der Waals surface area contributed by atoms with Crippen molar-refractivity contribution in [2.45, 2.75) is 26.2 Å². The number of halogens is 1. The average molecular weight is 273 g/mol. The van der Waals surface area contributed by atoms with Crippen LogP contribution in [0.15, 0.2) is 42.5 Å². The maximum absolute atomic E-state index is 10.9. The fourth-order valence-electron chi connectivity index (χ4n) is 1.98. The van der Waals surface area contributed by atoms with E-state index in [-0.39, 0.29) is 5.41 Å². The molecule has 2 aromatic carbocycles. The van der Waals surface area contributed by atoms with E-state index < -0.39 is 0 Å². The van der Waals surface area contributed by atoms with Gasteiger partial charge in [-0.1, -0.05) is 62.7 Å². The summed E-state index contributed by atoms with van der Waals surface area (Å²) in [6, 6.07) is 13.9. The van der Waals surface area contributed by atoms with E-state index in [1.807, 2.05) is 12.1 Å². The van der Waals surface area contributed by atoms with Crippen molar-refractivity contribution in [1.29, 1.82) is 0 Å². The van der Waals surface area contributed by atoms with E-state index in [1.54, 1.807) is 6.07 Å². The van der Waals surface area contributed by atoms with E-state index in [4.69, 9.17) is 11.6 Å². The first-order valence-electron chi connectivity index (χ1n) is 6.27. The Hall–Kier alpha value is -1.60. The highest BCUT2D eigenvalue weighted by atomic mass is 35.5. The summed E-state index contributed by atoms with van der Waals surface area (Å²) in [7, 11) is 0. The smallest absolute Gasteiger partial charge is 0.151 e. The molecule has 0 aliphatic heterocycles. The van der Waals surface area contributed by atoms with E-state index in [9.17, 15) is 4.79 Å². The summed E-state index contributed by atoms with van der Waals surface area (Å²) in [6.45, 7) is 6.57. The van der Waals surface area contributed by atoms with Crippen molar-refractivity contribution >= 4 is 17.9 Å². The lowest BCUT2D eigenvalue weighted by molar-refractivity contribution is 0.112. The van der Waals surface area contributed by atoms with Gasteiger partial charge in [-0.25, -0.2) is 0 Å². The van der Waals surface area contributed by atoms with Gasteiger partial charge in [0.2, 0.25) is 0 Å². The van der Waals surface area contributed by atoms with E-state index in [1.165, 1.54) is 5.56 Å². The topological polar surface area (TPSA) is 17.1 Å². The van der Waals surface area contributed by atoms with Crippen molar-refractivity contribution in [3.05, 3.63) is 58.6 Å². The third kappa shape index (κ3) is 3.05. The van der Waals surface area contributed by atoms with Gasteiger partial charge in [-0.3, -0.25) is 4.79 Å². The van der Waals surface area contributed by atoms with E-state index in [0.717, 1.165) is 17.4 Å². The number of carbonyl (C=O) groups excluding carboxylic acids is 1. The van der Waals surface area contributed by atoms with Gasteiger partial charge in [-0.15, -0.1) is 0 Å². The Morgan fingerprint density at radius 3 is 2.05 bits per heavy atom. The molecule has 2 aromatic rings. The fraction of sp³-hybridized carbons (Fsp3) is 0.235. The molecule has 2 rings (SSSR count). The molecule has 0 aromatic heterocycles. The van der Waals surface area contributed by atoms with Gasteiger partial charge in [0.1, 0.15) is 0 Å². The Labute approximate surface area is 119 Å². The van der Waals surface area contributed by atoms with Crippen LogP contribution in [-0.2, 0) is 5.41 Å². The molecule has 0 aliphatic carbocycles. The van der Waals surface area contributed by atoms with Crippen molar-refractivity contribution in [3.63, 3.8) is 0 Å². The Balaban J connectivity index is 2.40. The van der Waals surface area contributed by atoms with Crippen LogP contribution in [0.4, 0.5) is 0 Å². The number of aldehydes is 1. The number of hydrogen-bond acceptors (Lipinski definition) is 1. The van der Waals surface area contributed by atoms with Gasteiger partial charge in [0.25, 0.3) is 0 Å². The van der Waals surface area contributed by atoms with Gasteiger partial charge < -0.3 is 0 Å². The van der Waals surface area contributed by atoms with Gasteiger partial charge in [0, 0.05) is 5.56 Å². The minimum atomic E-state index is 0.145. The van der Waals surface area contributed by atoms with Crippen molar-refractivity contribution in [2.24, 2.45) is 0 Å². The molecular weight excluding hydrogens is 256 g/mol. The molecule has 1 nitrogen and oxygen atoms in total. The molecule has 0 aliphatic rings. The average Bonchev–Trinajstić information content (AvgIpc) is 2.38. The first-order valence-corrected chi connectivity index (χ1v) is 6.65. The number of rotatable bonds is 2. The van der Waals surface area contributed by atoms with Crippen LogP contribution >= 0.6 is 11.6 Å². The first-order chi connectivity index (χ1) is 8.91. The van der Waals surface area contributed by atoms with E-state index in [0.29, 0.717) is 10.6 Å². The largest absolute Gasteiger partial charge is 0.298 e. The lowest BCUT2D eigenvalue weighted by Gasteiger charge is -2.19. The third-order valence-electron chi connectivity index (χ3n) is 3.21. The van der Waals surface area contributed by atoms with Gasteiger partial charge in [-0.05, 0) is 34.2 Å². The zero-order valence-corrected chi connectivity index (χ0v) is 12.2. The molecule has 0 heterocycles. The molecule has 0 N–H and O–H groups in total. The third-order valence-corrected chi connectivity index (χ3v) is 3.55. The highest BCUT2D eigenvalue weighted by Gasteiger charge is 2.13. The number of benzene rings is 2. The summed E-state index contributed by atoms with van der Waals surface area (Å²) in [5.41, 5.74) is 4.06. The molecule has 0 amide bonds. The second kappa shape index (κ2) is 5.18. The zero-order chi connectivity index (χ0) is 14.0. The molecule has 0 unspecified atom stereocenters. The molecule has 98 valence electrons. The number of hydrogen-bond donors (Lipinski definition) is 0. The minimum Gasteiger partial charge on any atom is -0.298 e. The van der Waals surface area contributed by atoms with E-state index >= 15 is 0 Å². The molecule has 0 saturated heterocycles. The summed E-state index contributed by atoms with van der Waals surface area (Å²) >= 11 is 5.94. The van der Waals surface area contributed by atoms with Crippen LogP contribution in [0.25, 0.3) is 11.1 Å². The molecule has 0 radical (unpaired) electrons. The van der Waals surface area contributed by atoms with E-state index in [2.05, 4.69) is 45.0 Å². The van der Waals surface area contributed by atoms with Crippen LogP contribution < -0.4 is 0 Å². The lowest BCUT2D eigenvalue weighted by atomic mass is 9.86. The predicted molar refractivity (Wildman–Crippen MR) is 81.0 cm³/mol. The van der Waals surface area contributed by atoms with Crippen LogP contribution in [0.5, 0.6) is 0 Å². The summed E-state index contributed by atoms with van der Waals surface area (Å²) in [6.07, 6.45) is 0.787. The molecule has 0 saturated carbocycles. The molecular formula is C17H17ClO. The van der Waals surface area contributed by atoms with Crippen molar-refractivity contribution < 1.29 is 4.79 Å². The van der Waals surface area contributed by atoms with Crippen molar-refractivity contribution in [1.82, 2.24) is 0 Å². The van der Waals surface area contributed by atoms with Crippen LogP contribution in [-0.4, -0.2) is 6.29 Å². The van der Waals surface area contributed by atoms with Crippen LogP contribution in [0.2, 0.25) is 5.02 Å². The SMILES string of the molecule is CC(C)(C)c1ccc(-c2ccc(Cl)c(C=O)c2)cc1. The fourth-order valence-corrected chi connectivity index (χ4v) is 2.14. The molecule has 0 bridgehead atoms. The van der Waals surface area contributed by atoms with Crippen molar-refractivity contribution in [2.75, 3.05) is 0 Å². The van der Waals surface area contributed by atoms with Crippen LogP contribution in [0.3, 0.4) is 0 Å². The summed E-state index contributed by atoms with van der Waals surface area (Å²) in [5, 5.41) is 0.491. The Bertz CT molecular complexity index is 592. The monoisotopic (exact) mass is 272 g/mol. The lowest BCUT2D eigenvalue weighted by Crippen LogP contribution is -2.10. The molecule has 0 atom stereocenters. The van der Waals surface area contributed by atoms with Crippen molar-refractivity contribution in [3.8, 4) is 11.1 Å². The summed E-state index contributed by atoms with van der Waals surface area (Å²) in [5.74, 6) is 0. The molecule has 19 heavy (non-hydrogen) atoms. The number of carbonyl (C=O) groups is 1. The van der Waals surface area contributed by atoms with Gasteiger partial charge >= 0.3 is 0 Å². The Morgan fingerprint density at radius 2 is 1.53 bits per heavy atom.